The predicted octanol–water partition coefficient (Wildman–Crippen LogP) is 1.92. The molecule has 0 aliphatic carbocycles. The lowest BCUT2D eigenvalue weighted by Crippen LogP contribution is -2.20. The van der Waals surface area contributed by atoms with Crippen molar-refractivity contribution in [1.82, 2.24) is 4.98 Å². The van der Waals surface area contributed by atoms with Crippen LogP contribution < -0.4 is 0 Å². The minimum atomic E-state index is 0.0362. The van der Waals surface area contributed by atoms with E-state index in [1.165, 1.54) is 0 Å². The van der Waals surface area contributed by atoms with E-state index in [9.17, 15) is 4.79 Å². The summed E-state index contributed by atoms with van der Waals surface area (Å²) in [7, 11) is 0. The summed E-state index contributed by atoms with van der Waals surface area (Å²) in [4.78, 5) is 15.8. The Balaban J connectivity index is 2.44. The second kappa shape index (κ2) is 3.50. The van der Waals surface area contributed by atoms with E-state index in [4.69, 9.17) is 4.74 Å². The van der Waals surface area contributed by atoms with Gasteiger partial charge in [-0.3, -0.25) is 9.78 Å². The minimum absolute atomic E-state index is 0.0362. The van der Waals surface area contributed by atoms with Gasteiger partial charge < -0.3 is 4.74 Å². The lowest BCUT2D eigenvalue weighted by Gasteiger charge is -2.16. The van der Waals surface area contributed by atoms with Gasteiger partial charge in [-0.25, -0.2) is 0 Å². The van der Waals surface area contributed by atoms with Crippen molar-refractivity contribution in [2.75, 3.05) is 6.61 Å². The van der Waals surface area contributed by atoms with E-state index in [0.717, 1.165) is 17.0 Å². The van der Waals surface area contributed by atoms with Crippen molar-refractivity contribution in [3.8, 4) is 0 Å². The van der Waals surface area contributed by atoms with Gasteiger partial charge in [-0.05, 0) is 18.1 Å². The molecule has 0 fully saturated rings. The van der Waals surface area contributed by atoms with E-state index in [2.05, 4.69) is 18.8 Å². The molecule has 3 heteroatoms. The SMILES string of the molecule is CC(C)c1ccc2c(n1)COCC2=O. The zero-order valence-electron chi connectivity index (χ0n) is 8.41. The molecule has 0 saturated carbocycles. The standard InChI is InChI=1S/C11H13NO2/c1-7(2)9-4-3-8-10(12-9)5-14-6-11(8)13/h3-4,7H,5-6H2,1-2H3. The van der Waals surface area contributed by atoms with Crippen molar-refractivity contribution < 1.29 is 9.53 Å². The Bertz CT molecular complexity index is 372. The smallest absolute Gasteiger partial charge is 0.190 e. The Labute approximate surface area is 83.1 Å². The van der Waals surface area contributed by atoms with E-state index in [1.807, 2.05) is 12.1 Å². The van der Waals surface area contributed by atoms with Crippen LogP contribution in [0.25, 0.3) is 0 Å². The Morgan fingerprint density at radius 2 is 2.14 bits per heavy atom. The second-order valence-electron chi connectivity index (χ2n) is 3.80. The number of hydrogen-bond acceptors (Lipinski definition) is 3. The average molecular weight is 191 g/mol. The molecule has 2 rings (SSSR count). The zero-order valence-corrected chi connectivity index (χ0v) is 8.41. The second-order valence-corrected chi connectivity index (χ2v) is 3.80. The number of nitrogens with zero attached hydrogens (tertiary/aromatic N) is 1. The van der Waals surface area contributed by atoms with Gasteiger partial charge in [-0.1, -0.05) is 13.8 Å². The van der Waals surface area contributed by atoms with Crippen LogP contribution in [0.4, 0.5) is 0 Å². The number of aromatic nitrogens is 1. The van der Waals surface area contributed by atoms with E-state index in [0.29, 0.717) is 12.5 Å². The average Bonchev–Trinajstić information content (AvgIpc) is 2.17. The molecular weight excluding hydrogens is 178 g/mol. The number of fused-ring (bicyclic) bond motifs is 1. The van der Waals surface area contributed by atoms with Gasteiger partial charge in [0.25, 0.3) is 0 Å². The molecule has 0 unspecified atom stereocenters. The highest BCUT2D eigenvalue weighted by Gasteiger charge is 2.19. The maximum Gasteiger partial charge on any atom is 0.190 e. The van der Waals surface area contributed by atoms with Crippen LogP contribution in [0.3, 0.4) is 0 Å². The molecule has 14 heavy (non-hydrogen) atoms. The van der Waals surface area contributed by atoms with Gasteiger partial charge in [0.2, 0.25) is 0 Å². The molecule has 0 radical (unpaired) electrons. The summed E-state index contributed by atoms with van der Waals surface area (Å²) in [5, 5.41) is 0. The molecule has 0 saturated heterocycles. The molecule has 1 aliphatic heterocycles. The predicted molar refractivity (Wildman–Crippen MR) is 52.3 cm³/mol. The Morgan fingerprint density at radius 3 is 2.86 bits per heavy atom. The molecule has 0 atom stereocenters. The summed E-state index contributed by atoms with van der Waals surface area (Å²) in [6, 6.07) is 3.79. The first-order valence-electron chi connectivity index (χ1n) is 4.79. The number of ether oxygens (including phenoxy) is 1. The zero-order chi connectivity index (χ0) is 10.1. The van der Waals surface area contributed by atoms with Crippen LogP contribution in [-0.4, -0.2) is 17.4 Å². The number of carbonyl (C=O) groups is 1. The topological polar surface area (TPSA) is 39.2 Å². The van der Waals surface area contributed by atoms with Gasteiger partial charge in [0, 0.05) is 11.3 Å². The first-order chi connectivity index (χ1) is 6.68. The van der Waals surface area contributed by atoms with Crippen LogP contribution >= 0.6 is 0 Å². The first-order valence-corrected chi connectivity index (χ1v) is 4.79. The number of ketones is 1. The summed E-state index contributed by atoms with van der Waals surface area (Å²) < 4.78 is 5.13. The third-order valence-corrected chi connectivity index (χ3v) is 2.36. The summed E-state index contributed by atoms with van der Waals surface area (Å²) in [5.41, 5.74) is 2.52. The van der Waals surface area contributed by atoms with Crippen molar-refractivity contribution in [2.24, 2.45) is 0 Å². The van der Waals surface area contributed by atoms with Gasteiger partial charge in [-0.15, -0.1) is 0 Å². The van der Waals surface area contributed by atoms with Crippen molar-refractivity contribution in [3.05, 3.63) is 29.1 Å². The van der Waals surface area contributed by atoms with Crippen LogP contribution in [-0.2, 0) is 11.3 Å². The molecule has 1 aliphatic rings. The van der Waals surface area contributed by atoms with Crippen molar-refractivity contribution in [3.63, 3.8) is 0 Å². The van der Waals surface area contributed by atoms with E-state index >= 15 is 0 Å². The molecule has 3 nitrogen and oxygen atoms in total. The van der Waals surface area contributed by atoms with Crippen molar-refractivity contribution >= 4 is 5.78 Å². The third-order valence-electron chi connectivity index (χ3n) is 2.36. The molecule has 1 aromatic heterocycles. The van der Waals surface area contributed by atoms with E-state index < -0.39 is 0 Å². The molecule has 0 bridgehead atoms. The fourth-order valence-corrected chi connectivity index (χ4v) is 1.52. The Hall–Kier alpha value is -1.22. The summed E-state index contributed by atoms with van der Waals surface area (Å²) in [6.45, 7) is 4.82. The number of carbonyl (C=O) groups excluding carboxylic acids is 1. The molecular formula is C11H13NO2. The highest BCUT2D eigenvalue weighted by molar-refractivity contribution is 5.98. The first kappa shape index (κ1) is 9.34. The van der Waals surface area contributed by atoms with Crippen LogP contribution in [0.1, 0.15) is 41.5 Å². The molecule has 0 aromatic carbocycles. The Kier molecular flexibility index (Phi) is 2.33. The Morgan fingerprint density at radius 1 is 1.36 bits per heavy atom. The highest BCUT2D eigenvalue weighted by Crippen LogP contribution is 2.18. The lowest BCUT2D eigenvalue weighted by atomic mass is 10.0. The van der Waals surface area contributed by atoms with Gasteiger partial charge in [0.05, 0.1) is 12.3 Å². The fourth-order valence-electron chi connectivity index (χ4n) is 1.52. The van der Waals surface area contributed by atoms with E-state index in [1.54, 1.807) is 0 Å². The number of rotatable bonds is 1. The van der Waals surface area contributed by atoms with E-state index in [-0.39, 0.29) is 12.4 Å². The van der Waals surface area contributed by atoms with Gasteiger partial charge in [0.1, 0.15) is 6.61 Å². The fraction of sp³-hybridized carbons (Fsp3) is 0.455. The third kappa shape index (κ3) is 1.55. The largest absolute Gasteiger partial charge is 0.367 e. The number of Topliss-reactive ketones (excluding diaryl/α,β-unsaturated/α-hetero) is 1. The van der Waals surface area contributed by atoms with Gasteiger partial charge in [-0.2, -0.15) is 0 Å². The molecule has 0 spiro atoms. The van der Waals surface area contributed by atoms with Crippen LogP contribution in [0.15, 0.2) is 12.1 Å². The molecule has 74 valence electrons. The molecule has 1 aromatic rings. The molecule has 0 amide bonds. The van der Waals surface area contributed by atoms with Crippen molar-refractivity contribution in [2.45, 2.75) is 26.4 Å². The maximum atomic E-state index is 11.4. The number of pyridine rings is 1. The van der Waals surface area contributed by atoms with Crippen LogP contribution in [0.5, 0.6) is 0 Å². The lowest BCUT2D eigenvalue weighted by molar-refractivity contribution is 0.0654. The molecule has 0 N–H and O–H groups in total. The quantitative estimate of drug-likeness (QED) is 0.680. The maximum absolute atomic E-state index is 11.4. The van der Waals surface area contributed by atoms with Crippen LogP contribution in [0, 0.1) is 0 Å². The monoisotopic (exact) mass is 191 g/mol. The summed E-state index contributed by atoms with van der Waals surface area (Å²) in [6.07, 6.45) is 0. The normalized spacial score (nSPS) is 15.8. The van der Waals surface area contributed by atoms with Crippen LogP contribution in [0.2, 0.25) is 0 Å². The summed E-state index contributed by atoms with van der Waals surface area (Å²) in [5.74, 6) is 0.423. The van der Waals surface area contributed by atoms with Crippen molar-refractivity contribution in [1.29, 1.82) is 0 Å². The minimum Gasteiger partial charge on any atom is -0.367 e. The molecule has 2 heterocycles. The van der Waals surface area contributed by atoms with Gasteiger partial charge in [0.15, 0.2) is 5.78 Å². The highest BCUT2D eigenvalue weighted by atomic mass is 16.5. The van der Waals surface area contributed by atoms with Gasteiger partial charge >= 0.3 is 0 Å². The summed E-state index contributed by atoms with van der Waals surface area (Å²) >= 11 is 0. The number of hydrogen-bond donors (Lipinski definition) is 0.